The molecule has 0 fully saturated rings. The summed E-state index contributed by atoms with van der Waals surface area (Å²) in [6, 6.07) is 9.71. The van der Waals surface area contributed by atoms with Crippen molar-refractivity contribution in [1.82, 2.24) is 9.97 Å². The fourth-order valence-electron chi connectivity index (χ4n) is 1.59. The molecule has 0 atom stereocenters. The number of anilines is 1. The summed E-state index contributed by atoms with van der Waals surface area (Å²) in [5.41, 5.74) is 8.73. The summed E-state index contributed by atoms with van der Waals surface area (Å²) in [4.78, 5) is 8.55. The summed E-state index contributed by atoms with van der Waals surface area (Å²) in [5, 5.41) is 0.982. The fraction of sp³-hybridized carbons (Fsp3) is 0. The standard InChI is InChI=1S/C12H9N3S/c13-9-2-1-3-10-11(9)16-12(15-10)8-4-6-14-7-5-8/h1-7H,13H2. The van der Waals surface area contributed by atoms with Gasteiger partial charge in [0.05, 0.1) is 15.9 Å². The molecule has 0 unspecified atom stereocenters. The lowest BCUT2D eigenvalue weighted by atomic mass is 10.3. The number of fused-ring (bicyclic) bond motifs is 1. The predicted octanol–water partition coefficient (Wildman–Crippen LogP) is 2.94. The molecule has 0 aliphatic rings. The normalized spacial score (nSPS) is 10.8. The number of nitrogen functional groups attached to an aromatic ring is 1. The smallest absolute Gasteiger partial charge is 0.124 e. The van der Waals surface area contributed by atoms with Crippen LogP contribution in [0.1, 0.15) is 0 Å². The summed E-state index contributed by atoms with van der Waals surface area (Å²) in [7, 11) is 0. The van der Waals surface area contributed by atoms with E-state index < -0.39 is 0 Å². The Kier molecular flexibility index (Phi) is 2.08. The van der Waals surface area contributed by atoms with Crippen LogP contribution in [0, 0.1) is 0 Å². The van der Waals surface area contributed by atoms with Crippen LogP contribution in [0.3, 0.4) is 0 Å². The van der Waals surface area contributed by atoms with E-state index in [4.69, 9.17) is 5.73 Å². The summed E-state index contributed by atoms with van der Waals surface area (Å²) < 4.78 is 1.05. The number of hydrogen-bond donors (Lipinski definition) is 1. The second-order valence-corrected chi connectivity index (χ2v) is 4.45. The molecular formula is C12H9N3S. The van der Waals surface area contributed by atoms with Gasteiger partial charge < -0.3 is 5.73 Å². The monoisotopic (exact) mass is 227 g/mol. The molecule has 4 heteroatoms. The maximum atomic E-state index is 5.91. The molecule has 0 amide bonds. The Hall–Kier alpha value is -1.94. The van der Waals surface area contributed by atoms with E-state index in [9.17, 15) is 0 Å². The van der Waals surface area contributed by atoms with Crippen LogP contribution in [-0.2, 0) is 0 Å². The third-order valence-electron chi connectivity index (χ3n) is 2.37. The molecule has 78 valence electrons. The van der Waals surface area contributed by atoms with E-state index in [-0.39, 0.29) is 0 Å². The number of benzene rings is 1. The topological polar surface area (TPSA) is 51.8 Å². The van der Waals surface area contributed by atoms with Crippen molar-refractivity contribution in [2.45, 2.75) is 0 Å². The maximum Gasteiger partial charge on any atom is 0.124 e. The first-order valence-corrected chi connectivity index (χ1v) is 5.72. The van der Waals surface area contributed by atoms with Crippen LogP contribution in [0.15, 0.2) is 42.7 Å². The summed E-state index contributed by atoms with van der Waals surface area (Å²) in [6.45, 7) is 0. The third kappa shape index (κ3) is 1.44. The Morgan fingerprint density at radius 3 is 2.62 bits per heavy atom. The molecule has 16 heavy (non-hydrogen) atoms. The quantitative estimate of drug-likeness (QED) is 0.650. The lowest BCUT2D eigenvalue weighted by molar-refractivity contribution is 1.32. The van der Waals surface area contributed by atoms with Gasteiger partial charge in [0.2, 0.25) is 0 Å². The minimum Gasteiger partial charge on any atom is -0.398 e. The minimum atomic E-state index is 0.787. The highest BCUT2D eigenvalue weighted by atomic mass is 32.1. The summed E-state index contributed by atoms with van der Waals surface area (Å²) >= 11 is 1.61. The highest BCUT2D eigenvalue weighted by molar-refractivity contribution is 7.22. The highest BCUT2D eigenvalue weighted by Crippen LogP contribution is 2.32. The molecule has 0 aliphatic carbocycles. The van der Waals surface area contributed by atoms with E-state index in [0.29, 0.717) is 0 Å². The molecule has 1 aromatic carbocycles. The largest absolute Gasteiger partial charge is 0.398 e. The maximum absolute atomic E-state index is 5.91. The SMILES string of the molecule is Nc1cccc2nc(-c3ccncc3)sc12. The van der Waals surface area contributed by atoms with Crippen LogP contribution in [0.2, 0.25) is 0 Å². The number of rotatable bonds is 1. The van der Waals surface area contributed by atoms with E-state index in [1.165, 1.54) is 0 Å². The van der Waals surface area contributed by atoms with Crippen LogP contribution in [0.5, 0.6) is 0 Å². The van der Waals surface area contributed by atoms with Gasteiger partial charge in [-0.25, -0.2) is 4.98 Å². The van der Waals surface area contributed by atoms with Gasteiger partial charge in [0, 0.05) is 18.0 Å². The molecule has 3 rings (SSSR count). The van der Waals surface area contributed by atoms with Gasteiger partial charge in [-0.1, -0.05) is 6.07 Å². The van der Waals surface area contributed by atoms with E-state index in [2.05, 4.69) is 9.97 Å². The molecule has 0 aliphatic heterocycles. The first kappa shape index (κ1) is 9.30. The van der Waals surface area contributed by atoms with Crippen LogP contribution >= 0.6 is 11.3 Å². The average molecular weight is 227 g/mol. The van der Waals surface area contributed by atoms with Crippen molar-refractivity contribution in [3.05, 3.63) is 42.7 Å². The van der Waals surface area contributed by atoms with Crippen LogP contribution in [0.25, 0.3) is 20.8 Å². The Balaban J connectivity index is 2.23. The lowest BCUT2D eigenvalue weighted by Gasteiger charge is -1.92. The number of nitrogens with zero attached hydrogens (tertiary/aromatic N) is 2. The van der Waals surface area contributed by atoms with Crippen LogP contribution in [-0.4, -0.2) is 9.97 Å². The molecule has 0 saturated heterocycles. The Morgan fingerprint density at radius 2 is 1.88 bits per heavy atom. The van der Waals surface area contributed by atoms with E-state index in [1.54, 1.807) is 23.7 Å². The van der Waals surface area contributed by atoms with Crippen molar-refractivity contribution in [3.8, 4) is 10.6 Å². The van der Waals surface area contributed by atoms with E-state index in [1.807, 2.05) is 30.3 Å². The van der Waals surface area contributed by atoms with Crippen LogP contribution in [0.4, 0.5) is 5.69 Å². The molecule has 0 saturated carbocycles. The molecule has 0 spiro atoms. The van der Waals surface area contributed by atoms with Gasteiger partial charge in [-0.15, -0.1) is 11.3 Å². The van der Waals surface area contributed by atoms with E-state index >= 15 is 0 Å². The zero-order valence-electron chi connectivity index (χ0n) is 8.42. The van der Waals surface area contributed by atoms with Gasteiger partial charge in [-0.3, -0.25) is 4.98 Å². The number of thiazole rings is 1. The first-order chi connectivity index (χ1) is 7.84. The Labute approximate surface area is 96.6 Å². The van der Waals surface area contributed by atoms with Crippen molar-refractivity contribution < 1.29 is 0 Å². The van der Waals surface area contributed by atoms with Gasteiger partial charge >= 0.3 is 0 Å². The van der Waals surface area contributed by atoms with Crippen molar-refractivity contribution >= 4 is 27.2 Å². The lowest BCUT2D eigenvalue weighted by Crippen LogP contribution is -1.82. The molecule has 2 heterocycles. The predicted molar refractivity (Wildman–Crippen MR) is 67.3 cm³/mol. The van der Waals surface area contributed by atoms with Gasteiger partial charge in [-0.05, 0) is 24.3 Å². The van der Waals surface area contributed by atoms with Gasteiger partial charge in [0.25, 0.3) is 0 Å². The van der Waals surface area contributed by atoms with E-state index in [0.717, 1.165) is 26.5 Å². The minimum absolute atomic E-state index is 0.787. The molecule has 0 bridgehead atoms. The highest BCUT2D eigenvalue weighted by Gasteiger charge is 2.07. The Bertz CT molecular complexity index is 631. The molecule has 2 N–H and O–H groups in total. The van der Waals surface area contributed by atoms with Gasteiger partial charge in [-0.2, -0.15) is 0 Å². The fourth-order valence-corrected chi connectivity index (χ4v) is 2.58. The third-order valence-corrected chi connectivity index (χ3v) is 3.54. The second kappa shape index (κ2) is 3.57. The van der Waals surface area contributed by atoms with Crippen molar-refractivity contribution in [3.63, 3.8) is 0 Å². The number of nitrogens with two attached hydrogens (primary N) is 1. The molecule has 2 aromatic heterocycles. The zero-order chi connectivity index (χ0) is 11.0. The average Bonchev–Trinajstić information content (AvgIpc) is 2.76. The van der Waals surface area contributed by atoms with Crippen molar-refractivity contribution in [2.24, 2.45) is 0 Å². The molecule has 3 aromatic rings. The van der Waals surface area contributed by atoms with Gasteiger partial charge in [0.1, 0.15) is 5.01 Å². The number of aromatic nitrogens is 2. The number of pyridine rings is 1. The zero-order valence-corrected chi connectivity index (χ0v) is 9.24. The van der Waals surface area contributed by atoms with Crippen LogP contribution < -0.4 is 5.73 Å². The van der Waals surface area contributed by atoms with Gasteiger partial charge in [0.15, 0.2) is 0 Å². The Morgan fingerprint density at radius 1 is 1.06 bits per heavy atom. The number of hydrogen-bond acceptors (Lipinski definition) is 4. The molecular weight excluding hydrogens is 218 g/mol. The molecule has 3 nitrogen and oxygen atoms in total. The summed E-state index contributed by atoms with van der Waals surface area (Å²) in [5.74, 6) is 0. The molecule has 0 radical (unpaired) electrons. The summed E-state index contributed by atoms with van der Waals surface area (Å²) in [6.07, 6.45) is 3.54. The van der Waals surface area contributed by atoms with Crippen molar-refractivity contribution in [1.29, 1.82) is 0 Å². The van der Waals surface area contributed by atoms with Crippen molar-refractivity contribution in [2.75, 3.05) is 5.73 Å². The first-order valence-electron chi connectivity index (χ1n) is 4.90. The second-order valence-electron chi connectivity index (χ2n) is 3.45.